The van der Waals surface area contributed by atoms with E-state index >= 15 is 0 Å². The molecule has 0 aliphatic heterocycles. The van der Waals surface area contributed by atoms with Crippen LogP contribution in [0.25, 0.3) is 11.1 Å². The average molecular weight is 302 g/mol. The van der Waals surface area contributed by atoms with Crippen LogP contribution in [0.15, 0.2) is 48.5 Å². The molecule has 7 heteroatoms. The molecule has 19 heavy (non-hydrogen) atoms. The summed E-state index contributed by atoms with van der Waals surface area (Å²) in [5, 5.41) is 0.739. The lowest BCUT2D eigenvalue weighted by atomic mass is 10.0. The molecule has 0 saturated heterocycles. The highest BCUT2D eigenvalue weighted by Gasteiger charge is 2.00. The summed E-state index contributed by atoms with van der Waals surface area (Å²) in [6, 6.07) is 15.5. The first-order valence-electron chi connectivity index (χ1n) is 5.07. The van der Waals surface area contributed by atoms with Gasteiger partial charge in [0.25, 0.3) is 0 Å². The Hall–Kier alpha value is -1.60. The Morgan fingerprint density at radius 2 is 1.42 bits per heavy atom. The first-order chi connectivity index (χ1) is 8.77. The predicted octanol–water partition coefficient (Wildman–Crippen LogP) is 2.94. The highest BCUT2D eigenvalue weighted by molar-refractivity contribution is 7.79. The van der Waals surface area contributed by atoms with Gasteiger partial charge < -0.3 is 5.73 Å². The molecule has 0 bridgehead atoms. The van der Waals surface area contributed by atoms with Crippen LogP contribution in [0.5, 0.6) is 0 Å². The predicted molar refractivity (Wildman–Crippen MR) is 75.5 cm³/mol. The van der Waals surface area contributed by atoms with E-state index in [2.05, 4.69) is 0 Å². The van der Waals surface area contributed by atoms with Crippen LogP contribution in [0.3, 0.4) is 0 Å². The minimum absolute atomic E-state index is 0.739. The molecule has 2 rings (SSSR count). The summed E-state index contributed by atoms with van der Waals surface area (Å²) in [6.45, 7) is 0. The summed E-state index contributed by atoms with van der Waals surface area (Å²) in [5.41, 5.74) is 8.78. The Bertz CT molecular complexity index is 633. The summed E-state index contributed by atoms with van der Waals surface area (Å²) in [4.78, 5) is 0. The monoisotopic (exact) mass is 301 g/mol. The van der Waals surface area contributed by atoms with Crippen LogP contribution in [-0.2, 0) is 10.4 Å². The van der Waals surface area contributed by atoms with Crippen LogP contribution >= 0.6 is 11.6 Å². The molecule has 0 spiro atoms. The number of hydrogen-bond acceptors (Lipinski definition) is 3. The molecule has 0 atom stereocenters. The maximum absolute atomic E-state index is 8.74. The fraction of sp³-hybridized carbons (Fsp3) is 0. The first-order valence-corrected chi connectivity index (χ1v) is 6.85. The van der Waals surface area contributed by atoms with E-state index in [4.69, 9.17) is 34.9 Å². The molecule has 0 unspecified atom stereocenters. The lowest BCUT2D eigenvalue weighted by Gasteiger charge is -2.04. The lowest BCUT2D eigenvalue weighted by Crippen LogP contribution is -1.89. The fourth-order valence-corrected chi connectivity index (χ4v) is 1.52. The Labute approximate surface area is 116 Å². The van der Waals surface area contributed by atoms with E-state index in [9.17, 15) is 0 Å². The third-order valence-corrected chi connectivity index (χ3v) is 2.37. The molecule has 0 aliphatic rings. The number of rotatable bonds is 1. The largest absolute Gasteiger partial charge is 0.398 e. The van der Waals surface area contributed by atoms with Crippen LogP contribution < -0.4 is 5.73 Å². The molecule has 0 saturated carbocycles. The average Bonchev–Trinajstić information content (AvgIpc) is 2.29. The number of nitrogens with two attached hydrogens (primary N) is 1. The minimum Gasteiger partial charge on any atom is -0.398 e. The van der Waals surface area contributed by atoms with Gasteiger partial charge in [-0.05, 0) is 23.8 Å². The minimum atomic E-state index is -4.67. The molecule has 0 heterocycles. The second kappa shape index (κ2) is 6.53. The Morgan fingerprint density at radius 1 is 0.947 bits per heavy atom. The highest BCUT2D eigenvalue weighted by Crippen LogP contribution is 2.26. The molecule has 0 aliphatic carbocycles. The number of benzene rings is 2. The van der Waals surface area contributed by atoms with E-state index < -0.39 is 10.4 Å². The van der Waals surface area contributed by atoms with Crippen molar-refractivity contribution in [2.75, 3.05) is 5.73 Å². The molecule has 2 aromatic rings. The number of halogens is 1. The zero-order valence-corrected chi connectivity index (χ0v) is 11.3. The van der Waals surface area contributed by atoms with Gasteiger partial charge in [-0.2, -0.15) is 8.42 Å². The van der Waals surface area contributed by atoms with Gasteiger partial charge in [0.2, 0.25) is 0 Å². The van der Waals surface area contributed by atoms with Gasteiger partial charge in [0, 0.05) is 16.3 Å². The van der Waals surface area contributed by atoms with Gasteiger partial charge in [-0.1, -0.05) is 41.9 Å². The maximum atomic E-state index is 8.74. The molecular formula is C12H12ClNO4S. The second-order valence-corrected chi connectivity index (χ2v) is 4.87. The van der Waals surface area contributed by atoms with Gasteiger partial charge in [0.15, 0.2) is 0 Å². The van der Waals surface area contributed by atoms with Crippen molar-refractivity contribution in [3.05, 3.63) is 53.6 Å². The van der Waals surface area contributed by atoms with Gasteiger partial charge in [-0.25, -0.2) is 0 Å². The van der Waals surface area contributed by atoms with Crippen molar-refractivity contribution < 1.29 is 17.5 Å². The maximum Gasteiger partial charge on any atom is 0.394 e. The molecule has 4 N–H and O–H groups in total. The quantitative estimate of drug-likeness (QED) is 0.555. The standard InChI is InChI=1S/C12H10ClN.H2O4S/c13-10-7-5-9(6-8-10)11-3-1-2-4-12(11)14;1-5(2,3)4/h1-8H,14H2;(H2,1,2,3,4). The smallest absolute Gasteiger partial charge is 0.394 e. The van der Waals surface area contributed by atoms with Crippen LogP contribution in [0, 0.1) is 0 Å². The summed E-state index contributed by atoms with van der Waals surface area (Å²) < 4.78 is 31.6. The van der Waals surface area contributed by atoms with E-state index in [1.807, 2.05) is 48.5 Å². The SMILES string of the molecule is Nc1ccccc1-c1ccc(Cl)cc1.O=S(=O)(O)O. The van der Waals surface area contributed by atoms with Crippen molar-refractivity contribution in [1.29, 1.82) is 0 Å². The van der Waals surface area contributed by atoms with E-state index in [-0.39, 0.29) is 0 Å². The van der Waals surface area contributed by atoms with Crippen LogP contribution in [-0.4, -0.2) is 17.5 Å². The van der Waals surface area contributed by atoms with Crippen LogP contribution in [0.2, 0.25) is 5.02 Å². The summed E-state index contributed by atoms with van der Waals surface area (Å²) in [5.74, 6) is 0. The molecule has 102 valence electrons. The zero-order valence-electron chi connectivity index (χ0n) is 9.69. The topological polar surface area (TPSA) is 101 Å². The number of anilines is 1. The summed E-state index contributed by atoms with van der Waals surface area (Å²) in [6.07, 6.45) is 0. The van der Waals surface area contributed by atoms with E-state index in [1.54, 1.807) is 0 Å². The Morgan fingerprint density at radius 3 is 1.89 bits per heavy atom. The van der Waals surface area contributed by atoms with Crippen molar-refractivity contribution >= 4 is 27.7 Å². The van der Waals surface area contributed by atoms with Gasteiger partial charge >= 0.3 is 10.4 Å². The van der Waals surface area contributed by atoms with Crippen molar-refractivity contribution in [1.82, 2.24) is 0 Å². The van der Waals surface area contributed by atoms with E-state index in [0.717, 1.165) is 21.8 Å². The Kier molecular flexibility index (Phi) is 5.31. The summed E-state index contributed by atoms with van der Waals surface area (Å²) >= 11 is 5.81. The highest BCUT2D eigenvalue weighted by atomic mass is 35.5. The van der Waals surface area contributed by atoms with Crippen LogP contribution in [0.4, 0.5) is 5.69 Å². The lowest BCUT2D eigenvalue weighted by molar-refractivity contribution is 0.381. The zero-order chi connectivity index (χ0) is 14.5. The Balaban J connectivity index is 0.000000312. The second-order valence-electron chi connectivity index (χ2n) is 3.54. The molecule has 0 aromatic heterocycles. The molecular weight excluding hydrogens is 290 g/mol. The van der Waals surface area contributed by atoms with Crippen molar-refractivity contribution in [2.24, 2.45) is 0 Å². The number of hydrogen-bond donors (Lipinski definition) is 3. The number of para-hydroxylation sites is 1. The van der Waals surface area contributed by atoms with Crippen molar-refractivity contribution in [3.63, 3.8) is 0 Å². The van der Waals surface area contributed by atoms with Gasteiger partial charge in [-0.15, -0.1) is 0 Å². The third kappa shape index (κ3) is 6.21. The van der Waals surface area contributed by atoms with Gasteiger partial charge in [0.1, 0.15) is 0 Å². The van der Waals surface area contributed by atoms with Crippen molar-refractivity contribution in [2.45, 2.75) is 0 Å². The van der Waals surface area contributed by atoms with E-state index in [0.29, 0.717) is 0 Å². The van der Waals surface area contributed by atoms with Gasteiger partial charge in [-0.3, -0.25) is 9.11 Å². The first kappa shape index (κ1) is 15.5. The van der Waals surface area contributed by atoms with Crippen molar-refractivity contribution in [3.8, 4) is 11.1 Å². The summed E-state index contributed by atoms with van der Waals surface area (Å²) in [7, 11) is -4.67. The van der Waals surface area contributed by atoms with Gasteiger partial charge in [0.05, 0.1) is 0 Å². The molecule has 0 fully saturated rings. The third-order valence-electron chi connectivity index (χ3n) is 2.12. The molecule has 2 aromatic carbocycles. The normalized spacial score (nSPS) is 10.5. The number of nitrogen functional groups attached to an aromatic ring is 1. The molecule has 0 radical (unpaired) electrons. The van der Waals surface area contributed by atoms with Crippen LogP contribution in [0.1, 0.15) is 0 Å². The van der Waals surface area contributed by atoms with E-state index in [1.165, 1.54) is 0 Å². The molecule has 5 nitrogen and oxygen atoms in total. The fourth-order valence-electron chi connectivity index (χ4n) is 1.39. The molecule has 0 amide bonds.